The van der Waals surface area contributed by atoms with Crippen molar-refractivity contribution in [2.75, 3.05) is 0 Å². The lowest BCUT2D eigenvalue weighted by Gasteiger charge is -2.30. The maximum absolute atomic E-state index is 11.7. The molecule has 0 amide bonds. The van der Waals surface area contributed by atoms with Crippen molar-refractivity contribution >= 4 is 22.4 Å². The molecule has 0 spiro atoms. The third kappa shape index (κ3) is 3.43. The van der Waals surface area contributed by atoms with Gasteiger partial charge in [0, 0.05) is 0 Å². The Kier molecular flexibility index (Phi) is 4.71. The van der Waals surface area contributed by atoms with Gasteiger partial charge in [-0.1, -0.05) is 26.3 Å². The summed E-state index contributed by atoms with van der Waals surface area (Å²) in [7, 11) is 0.265. The van der Waals surface area contributed by atoms with E-state index in [1.165, 1.54) is 0 Å². The van der Waals surface area contributed by atoms with E-state index in [1.54, 1.807) is 20.8 Å². The van der Waals surface area contributed by atoms with Gasteiger partial charge in [0.2, 0.25) is 10.5 Å². The lowest BCUT2D eigenvalue weighted by molar-refractivity contribution is -0.145. The molecule has 0 radical (unpaired) electrons. The zero-order valence-corrected chi connectivity index (χ0v) is 13.7. The summed E-state index contributed by atoms with van der Waals surface area (Å²) in [5.41, 5.74) is -0.589. The van der Waals surface area contributed by atoms with Gasteiger partial charge in [-0.25, -0.2) is 4.79 Å². The van der Waals surface area contributed by atoms with Gasteiger partial charge in [-0.2, -0.15) is 0 Å². The third-order valence-electron chi connectivity index (χ3n) is 3.03. The molecule has 17 heavy (non-hydrogen) atoms. The van der Waals surface area contributed by atoms with Crippen LogP contribution in [-0.2, 0) is 14.0 Å². The minimum absolute atomic E-state index is 0.130. The quantitative estimate of drug-likeness (QED) is 0.612. The number of hydrogen-bond acceptors (Lipinski definition) is 3. The summed E-state index contributed by atoms with van der Waals surface area (Å²) < 4.78 is 4.81. The molecule has 0 saturated heterocycles. The fourth-order valence-corrected chi connectivity index (χ4v) is 2.14. The molecule has 0 fully saturated rings. The number of carboxylic acid groups (broad SMARTS) is 1. The lowest BCUT2D eigenvalue weighted by Crippen LogP contribution is -2.34. The molecular formula is C12H22O4Si. The van der Waals surface area contributed by atoms with Crippen LogP contribution in [0, 0.1) is 10.8 Å². The predicted molar refractivity (Wildman–Crippen MR) is 69.6 cm³/mol. The zero-order chi connectivity index (χ0) is 14.0. The zero-order valence-electron chi connectivity index (χ0n) is 11.7. The van der Waals surface area contributed by atoms with Gasteiger partial charge in [-0.05, 0) is 26.2 Å². The fourth-order valence-electron chi connectivity index (χ4n) is 1.63. The Morgan fingerprint density at radius 3 is 1.76 bits per heavy atom. The van der Waals surface area contributed by atoms with E-state index < -0.39 is 17.4 Å². The molecule has 1 N–H and O–H groups in total. The Morgan fingerprint density at radius 2 is 1.53 bits per heavy atom. The number of allylic oxidation sites excluding steroid dienone is 1. The smallest absolute Gasteiger partial charge is 0.332 e. The van der Waals surface area contributed by atoms with Crippen LogP contribution < -0.4 is 0 Å². The first-order valence-corrected chi connectivity index (χ1v) is 6.31. The number of rotatable bonds is 3. The van der Waals surface area contributed by atoms with Crippen molar-refractivity contribution in [3.63, 3.8) is 0 Å². The molecule has 0 rings (SSSR count). The van der Waals surface area contributed by atoms with E-state index in [2.05, 4.69) is 0 Å². The molecule has 0 heterocycles. The summed E-state index contributed by atoms with van der Waals surface area (Å²) in [4.78, 5) is 23.1. The minimum atomic E-state index is -1.12. The second-order valence-corrected chi connectivity index (χ2v) is 6.08. The van der Waals surface area contributed by atoms with Gasteiger partial charge in [-0.15, -0.1) is 0 Å². The van der Waals surface area contributed by atoms with Gasteiger partial charge < -0.3 is 9.53 Å². The Balaban J connectivity index is 5.88. The van der Waals surface area contributed by atoms with E-state index in [9.17, 15) is 14.7 Å². The predicted octanol–water partition coefficient (Wildman–Crippen LogP) is 1.28. The number of carbonyl (C=O) groups is 2. The summed E-state index contributed by atoms with van der Waals surface area (Å²) in [6.07, 6.45) is 0. The molecule has 0 bridgehead atoms. The van der Waals surface area contributed by atoms with Gasteiger partial charge in [0.15, 0.2) is 0 Å². The lowest BCUT2D eigenvalue weighted by atomic mass is 9.75. The molecule has 0 atom stereocenters. The van der Waals surface area contributed by atoms with Crippen LogP contribution in [0.15, 0.2) is 11.1 Å². The van der Waals surface area contributed by atoms with Crippen molar-refractivity contribution in [1.29, 1.82) is 0 Å². The molecule has 0 aromatic rings. The summed E-state index contributed by atoms with van der Waals surface area (Å²) in [5, 5.41) is 9.33. The average Bonchev–Trinajstić information content (AvgIpc) is 2.13. The van der Waals surface area contributed by atoms with E-state index >= 15 is 0 Å². The van der Waals surface area contributed by atoms with Crippen LogP contribution in [0.5, 0.6) is 0 Å². The van der Waals surface area contributed by atoms with Crippen LogP contribution >= 0.6 is 0 Å². The van der Waals surface area contributed by atoms with E-state index in [-0.39, 0.29) is 21.5 Å². The van der Waals surface area contributed by atoms with Crippen molar-refractivity contribution in [2.24, 2.45) is 10.8 Å². The summed E-state index contributed by atoms with van der Waals surface area (Å²) in [6, 6.07) is 0. The summed E-state index contributed by atoms with van der Waals surface area (Å²) in [5.74, 6) is -1.54. The number of carboxylic acids is 1. The topological polar surface area (TPSA) is 63.6 Å². The van der Waals surface area contributed by atoms with Gasteiger partial charge in [0.1, 0.15) is 0 Å². The van der Waals surface area contributed by atoms with E-state index in [0.29, 0.717) is 5.57 Å². The monoisotopic (exact) mass is 258 g/mol. The first-order valence-electron chi connectivity index (χ1n) is 5.49. The van der Waals surface area contributed by atoms with E-state index in [1.807, 2.05) is 20.8 Å². The Labute approximate surface area is 106 Å². The largest absolute Gasteiger partial charge is 0.528 e. The first kappa shape index (κ1) is 15.9. The molecular weight excluding hydrogens is 236 g/mol. The molecule has 5 heteroatoms. The summed E-state index contributed by atoms with van der Waals surface area (Å²) >= 11 is 0. The molecule has 0 aromatic carbocycles. The molecule has 0 aromatic heterocycles. The van der Waals surface area contributed by atoms with Gasteiger partial charge in [-0.3, -0.25) is 4.79 Å². The van der Waals surface area contributed by atoms with Crippen molar-refractivity contribution in [3.05, 3.63) is 11.1 Å². The highest BCUT2D eigenvalue weighted by Crippen LogP contribution is 2.37. The highest BCUT2D eigenvalue weighted by molar-refractivity contribution is 6.08. The Bertz CT molecular complexity index is 361. The van der Waals surface area contributed by atoms with Gasteiger partial charge in [0.25, 0.3) is 0 Å². The molecule has 0 aliphatic carbocycles. The van der Waals surface area contributed by atoms with Crippen molar-refractivity contribution in [1.82, 2.24) is 0 Å². The number of hydrogen-bond donors (Lipinski definition) is 1. The van der Waals surface area contributed by atoms with E-state index in [0.717, 1.165) is 0 Å². The van der Waals surface area contributed by atoms with Crippen LogP contribution in [0.2, 0.25) is 0 Å². The van der Waals surface area contributed by atoms with Crippen LogP contribution in [0.25, 0.3) is 0 Å². The molecule has 0 unspecified atom stereocenters. The molecule has 0 aliphatic rings. The van der Waals surface area contributed by atoms with Crippen molar-refractivity contribution in [3.8, 4) is 0 Å². The highest BCUT2D eigenvalue weighted by Gasteiger charge is 2.40. The third-order valence-corrected chi connectivity index (χ3v) is 3.41. The average molecular weight is 258 g/mol. The van der Waals surface area contributed by atoms with Crippen LogP contribution in [0.1, 0.15) is 41.5 Å². The Morgan fingerprint density at radius 1 is 1.12 bits per heavy atom. The summed E-state index contributed by atoms with van der Waals surface area (Å²) in [6.45, 7) is 10.7. The Hall–Kier alpha value is -1.10. The highest BCUT2D eigenvalue weighted by atomic mass is 28.2. The standard InChI is InChI=1S/C12H22O4Si/c1-7(11(2,3)4)8(9(13)14)12(5,6)10(15)16-17/h1-6,17H3,(H,13,14). The number of carbonyl (C=O) groups excluding carboxylic acids is 1. The maximum Gasteiger partial charge on any atom is 0.332 e. The van der Waals surface area contributed by atoms with Crippen LogP contribution in [0.4, 0.5) is 0 Å². The van der Waals surface area contributed by atoms with Gasteiger partial charge in [0.05, 0.1) is 11.0 Å². The fraction of sp³-hybridized carbons (Fsp3) is 0.667. The second-order valence-electron chi connectivity index (χ2n) is 5.67. The molecule has 4 nitrogen and oxygen atoms in total. The van der Waals surface area contributed by atoms with E-state index in [4.69, 9.17) is 4.43 Å². The SMILES string of the molecule is CC(=C(C(=O)O)C(C)(C)C(=O)O[SiH3])C(C)(C)C. The number of aliphatic carboxylic acids is 1. The molecule has 98 valence electrons. The van der Waals surface area contributed by atoms with Crippen LogP contribution in [0.3, 0.4) is 0 Å². The second kappa shape index (κ2) is 5.04. The van der Waals surface area contributed by atoms with Gasteiger partial charge >= 0.3 is 11.9 Å². The normalized spacial score (nSPS) is 14.2. The van der Waals surface area contributed by atoms with Crippen molar-refractivity contribution < 1.29 is 19.1 Å². The van der Waals surface area contributed by atoms with Crippen molar-refractivity contribution in [2.45, 2.75) is 41.5 Å². The maximum atomic E-state index is 11.7. The first-order chi connectivity index (χ1) is 7.46. The van der Waals surface area contributed by atoms with Crippen LogP contribution in [-0.4, -0.2) is 27.5 Å². The molecule has 0 aliphatic heterocycles. The molecule has 0 saturated carbocycles. The minimum Gasteiger partial charge on any atom is -0.528 e.